The van der Waals surface area contributed by atoms with Crippen LogP contribution in [0.2, 0.25) is 0 Å². The van der Waals surface area contributed by atoms with Crippen molar-refractivity contribution in [3.63, 3.8) is 0 Å². The van der Waals surface area contributed by atoms with Crippen LogP contribution in [0.4, 0.5) is 5.69 Å². The molecule has 0 bridgehead atoms. The highest BCUT2D eigenvalue weighted by molar-refractivity contribution is 7.80. The Bertz CT molecular complexity index is 769. The molecule has 0 atom stereocenters. The van der Waals surface area contributed by atoms with E-state index in [-0.39, 0.29) is 34.7 Å². The zero-order valence-corrected chi connectivity index (χ0v) is 18.0. The van der Waals surface area contributed by atoms with Gasteiger partial charge in [-0.3, -0.25) is 25.2 Å². The molecule has 2 fully saturated rings. The van der Waals surface area contributed by atoms with Crippen molar-refractivity contribution in [2.75, 3.05) is 5.32 Å². The van der Waals surface area contributed by atoms with Gasteiger partial charge < -0.3 is 10.6 Å². The Kier molecular flexibility index (Phi) is 8.19. The molecule has 1 aromatic rings. The zero-order chi connectivity index (χ0) is 21.3. The van der Waals surface area contributed by atoms with Gasteiger partial charge >= 0.3 is 0 Å². The Morgan fingerprint density at radius 1 is 0.733 bits per heavy atom. The summed E-state index contributed by atoms with van der Waals surface area (Å²) < 4.78 is 0. The summed E-state index contributed by atoms with van der Waals surface area (Å²) in [7, 11) is 0. The number of benzene rings is 1. The largest absolute Gasteiger partial charge is 0.326 e. The Morgan fingerprint density at radius 3 is 1.83 bits per heavy atom. The summed E-state index contributed by atoms with van der Waals surface area (Å²) in [4.78, 5) is 36.8. The van der Waals surface area contributed by atoms with E-state index in [9.17, 15) is 14.4 Å². The summed E-state index contributed by atoms with van der Waals surface area (Å²) >= 11 is 5.09. The molecule has 7 nitrogen and oxygen atoms in total. The smallest absolute Gasteiger partial charge is 0.269 e. The van der Waals surface area contributed by atoms with E-state index in [0.717, 1.165) is 51.4 Å². The zero-order valence-electron chi connectivity index (χ0n) is 17.2. The van der Waals surface area contributed by atoms with Crippen molar-refractivity contribution in [2.24, 2.45) is 11.8 Å². The van der Waals surface area contributed by atoms with Crippen LogP contribution in [0.15, 0.2) is 24.3 Å². The van der Waals surface area contributed by atoms with E-state index in [1.54, 1.807) is 24.3 Å². The number of amides is 3. The van der Waals surface area contributed by atoms with E-state index in [4.69, 9.17) is 12.2 Å². The highest BCUT2D eigenvalue weighted by Crippen LogP contribution is 2.25. The number of hydrogen-bond donors (Lipinski definition) is 4. The van der Waals surface area contributed by atoms with Crippen molar-refractivity contribution in [1.82, 2.24) is 16.2 Å². The molecule has 0 saturated heterocycles. The number of anilines is 1. The molecule has 2 saturated carbocycles. The minimum atomic E-state index is -0.380. The lowest BCUT2D eigenvalue weighted by molar-refractivity contribution is -0.124. The van der Waals surface area contributed by atoms with E-state index in [1.165, 1.54) is 12.8 Å². The van der Waals surface area contributed by atoms with Gasteiger partial charge in [-0.05, 0) is 62.2 Å². The summed E-state index contributed by atoms with van der Waals surface area (Å²) in [5, 5.41) is 5.64. The number of nitrogens with one attached hydrogen (secondary N) is 4. The SMILES string of the molecule is O=C(NNC(=S)NC(=O)C1CCCCC1)c1ccc(NC(=O)C2CCCCC2)cc1. The molecule has 2 aliphatic carbocycles. The fourth-order valence-corrected chi connectivity index (χ4v) is 4.26. The number of thiocarbonyl (C=S) groups is 1. The maximum Gasteiger partial charge on any atom is 0.269 e. The summed E-state index contributed by atoms with van der Waals surface area (Å²) in [6, 6.07) is 6.69. The van der Waals surface area contributed by atoms with Crippen LogP contribution in [0.3, 0.4) is 0 Å². The van der Waals surface area contributed by atoms with Gasteiger partial charge in [-0.2, -0.15) is 0 Å². The van der Waals surface area contributed by atoms with Crippen LogP contribution >= 0.6 is 12.2 Å². The van der Waals surface area contributed by atoms with E-state index >= 15 is 0 Å². The minimum absolute atomic E-state index is 0.00873. The molecule has 0 unspecified atom stereocenters. The van der Waals surface area contributed by atoms with Gasteiger partial charge in [-0.1, -0.05) is 38.5 Å². The molecule has 2 aliphatic rings. The Morgan fingerprint density at radius 2 is 1.27 bits per heavy atom. The fraction of sp³-hybridized carbons (Fsp3) is 0.545. The van der Waals surface area contributed by atoms with Crippen LogP contribution in [-0.2, 0) is 9.59 Å². The van der Waals surface area contributed by atoms with Crippen LogP contribution in [-0.4, -0.2) is 22.8 Å². The lowest BCUT2D eigenvalue weighted by Crippen LogP contribution is -2.49. The van der Waals surface area contributed by atoms with E-state index in [0.29, 0.717) is 11.3 Å². The van der Waals surface area contributed by atoms with E-state index in [1.807, 2.05) is 0 Å². The Hall–Kier alpha value is -2.48. The normalized spacial score (nSPS) is 17.6. The molecule has 0 radical (unpaired) electrons. The monoisotopic (exact) mass is 430 g/mol. The average Bonchev–Trinajstić information content (AvgIpc) is 2.79. The van der Waals surface area contributed by atoms with Gasteiger partial charge in [-0.25, -0.2) is 0 Å². The lowest BCUT2D eigenvalue weighted by atomic mass is 9.88. The first-order chi connectivity index (χ1) is 14.5. The molecule has 0 heterocycles. The summed E-state index contributed by atoms with van der Waals surface area (Å²) in [6.45, 7) is 0. The second kappa shape index (κ2) is 11.1. The number of carbonyl (C=O) groups excluding carboxylic acids is 3. The maximum atomic E-state index is 12.3. The third-order valence-electron chi connectivity index (χ3n) is 5.89. The van der Waals surface area contributed by atoms with E-state index < -0.39 is 0 Å². The summed E-state index contributed by atoms with van der Waals surface area (Å²) in [6.07, 6.45) is 10.3. The average molecular weight is 431 g/mol. The molecule has 0 spiro atoms. The molecule has 1 aromatic carbocycles. The molecule has 30 heavy (non-hydrogen) atoms. The first-order valence-corrected chi connectivity index (χ1v) is 11.3. The third kappa shape index (κ3) is 6.52. The van der Waals surface area contributed by atoms with Gasteiger partial charge in [0.05, 0.1) is 0 Å². The van der Waals surface area contributed by atoms with Crippen molar-refractivity contribution in [1.29, 1.82) is 0 Å². The second-order valence-electron chi connectivity index (χ2n) is 8.13. The fourth-order valence-electron chi connectivity index (χ4n) is 4.11. The highest BCUT2D eigenvalue weighted by Gasteiger charge is 2.22. The molecule has 8 heteroatoms. The maximum absolute atomic E-state index is 12.3. The van der Waals surface area contributed by atoms with Gasteiger partial charge in [0.25, 0.3) is 5.91 Å². The molecule has 4 N–H and O–H groups in total. The van der Waals surface area contributed by atoms with Crippen LogP contribution < -0.4 is 21.5 Å². The number of rotatable bonds is 4. The van der Waals surface area contributed by atoms with Gasteiger partial charge in [0.1, 0.15) is 0 Å². The first-order valence-electron chi connectivity index (χ1n) is 10.8. The minimum Gasteiger partial charge on any atom is -0.326 e. The standard InChI is InChI=1S/C22H30N4O3S/c27-19(15-7-3-1-4-8-15)23-18-13-11-17(12-14-18)21(29)25-26-22(30)24-20(28)16-9-5-2-6-10-16/h11-16H,1-10H2,(H,23,27)(H,25,29)(H2,24,26,28,30). The quantitative estimate of drug-likeness (QED) is 0.433. The molecule has 0 aromatic heterocycles. The molecule has 3 amide bonds. The molecular formula is C22H30N4O3S. The van der Waals surface area contributed by atoms with Crippen molar-refractivity contribution in [2.45, 2.75) is 64.2 Å². The van der Waals surface area contributed by atoms with Gasteiger partial charge in [0.15, 0.2) is 5.11 Å². The Balaban J connectivity index is 1.42. The molecule has 162 valence electrons. The number of hydrogen-bond acceptors (Lipinski definition) is 4. The Labute approximate surface area is 182 Å². The lowest BCUT2D eigenvalue weighted by Gasteiger charge is -2.21. The predicted octanol–water partition coefficient (Wildman–Crippen LogP) is 3.42. The first kappa shape index (κ1) is 22.2. The van der Waals surface area contributed by atoms with Crippen LogP contribution in [0, 0.1) is 11.8 Å². The number of hydrazine groups is 1. The van der Waals surface area contributed by atoms with Crippen molar-refractivity contribution in [3.8, 4) is 0 Å². The van der Waals surface area contributed by atoms with Crippen molar-refractivity contribution in [3.05, 3.63) is 29.8 Å². The predicted molar refractivity (Wildman–Crippen MR) is 120 cm³/mol. The van der Waals surface area contributed by atoms with Gasteiger partial charge in [0.2, 0.25) is 11.8 Å². The number of carbonyl (C=O) groups is 3. The third-order valence-corrected chi connectivity index (χ3v) is 6.10. The molecular weight excluding hydrogens is 400 g/mol. The molecule has 3 rings (SSSR count). The van der Waals surface area contributed by atoms with Gasteiger partial charge in [-0.15, -0.1) is 0 Å². The summed E-state index contributed by atoms with van der Waals surface area (Å²) in [5.41, 5.74) is 6.15. The molecule has 0 aliphatic heterocycles. The summed E-state index contributed by atoms with van der Waals surface area (Å²) in [5.74, 6) is -0.358. The van der Waals surface area contributed by atoms with Crippen molar-refractivity contribution < 1.29 is 14.4 Å². The van der Waals surface area contributed by atoms with Crippen LogP contribution in [0.25, 0.3) is 0 Å². The van der Waals surface area contributed by atoms with Gasteiger partial charge in [0, 0.05) is 23.1 Å². The van der Waals surface area contributed by atoms with Crippen LogP contribution in [0.1, 0.15) is 74.6 Å². The van der Waals surface area contributed by atoms with Crippen LogP contribution in [0.5, 0.6) is 0 Å². The van der Waals surface area contributed by atoms with E-state index in [2.05, 4.69) is 21.5 Å². The van der Waals surface area contributed by atoms with Crippen molar-refractivity contribution >= 4 is 40.7 Å². The highest BCUT2D eigenvalue weighted by atomic mass is 32.1. The second-order valence-corrected chi connectivity index (χ2v) is 8.54. The topological polar surface area (TPSA) is 99.3 Å².